The molecule has 18 heavy (non-hydrogen) atoms. The van der Waals surface area contributed by atoms with E-state index in [1.165, 1.54) is 31.4 Å². The maximum absolute atomic E-state index is 6.39. The molecule has 0 amide bonds. The van der Waals surface area contributed by atoms with Crippen LogP contribution in [0.5, 0.6) is 0 Å². The minimum absolute atomic E-state index is 0.662. The van der Waals surface area contributed by atoms with Gasteiger partial charge >= 0.3 is 0 Å². The van der Waals surface area contributed by atoms with Gasteiger partial charge in [-0.15, -0.1) is 0 Å². The monoisotopic (exact) mass is 269 g/mol. The number of hydrogen-bond donors (Lipinski definition) is 1. The molecule has 2 N–H and O–H groups in total. The third-order valence-corrected chi connectivity index (χ3v) is 4.77. The molecule has 4 heteroatoms. The van der Waals surface area contributed by atoms with Gasteiger partial charge in [0, 0.05) is 6.54 Å². The number of nitrogens with zero attached hydrogens (tertiary/aromatic N) is 2. The van der Waals surface area contributed by atoms with E-state index in [-0.39, 0.29) is 0 Å². The van der Waals surface area contributed by atoms with Crippen LogP contribution in [0.4, 0.5) is 0 Å². The van der Waals surface area contributed by atoms with Crippen molar-refractivity contribution in [3.05, 3.63) is 16.4 Å². The van der Waals surface area contributed by atoms with Crippen molar-refractivity contribution in [1.29, 1.82) is 0 Å². The summed E-state index contributed by atoms with van der Waals surface area (Å²) in [5.74, 6) is 1.35. The Bertz CT molecular complexity index is 400. The summed E-state index contributed by atoms with van der Waals surface area (Å²) in [6.45, 7) is 5.80. The second kappa shape index (κ2) is 6.07. The van der Waals surface area contributed by atoms with Crippen molar-refractivity contribution >= 4 is 11.6 Å². The SMILES string of the molecule is CCn1nc(C)c(Cl)c1CC1CCCCC1CN. The van der Waals surface area contributed by atoms with Crippen LogP contribution in [0.25, 0.3) is 0 Å². The third-order valence-electron chi connectivity index (χ3n) is 4.28. The van der Waals surface area contributed by atoms with Crippen LogP contribution in [0.3, 0.4) is 0 Å². The summed E-state index contributed by atoms with van der Waals surface area (Å²) in [4.78, 5) is 0. The molecule has 1 fully saturated rings. The molecule has 1 heterocycles. The zero-order chi connectivity index (χ0) is 13.1. The van der Waals surface area contributed by atoms with Gasteiger partial charge in [0.2, 0.25) is 0 Å². The van der Waals surface area contributed by atoms with E-state index in [9.17, 15) is 0 Å². The molecular formula is C14H24ClN3. The zero-order valence-corrected chi connectivity index (χ0v) is 12.2. The summed E-state index contributed by atoms with van der Waals surface area (Å²) in [5, 5.41) is 5.36. The lowest BCUT2D eigenvalue weighted by Gasteiger charge is -2.30. The van der Waals surface area contributed by atoms with Crippen molar-refractivity contribution in [2.24, 2.45) is 17.6 Å². The van der Waals surface area contributed by atoms with Crippen molar-refractivity contribution in [3.8, 4) is 0 Å². The second-order valence-electron chi connectivity index (χ2n) is 5.41. The van der Waals surface area contributed by atoms with Gasteiger partial charge in [0.25, 0.3) is 0 Å². The molecule has 0 spiro atoms. The van der Waals surface area contributed by atoms with Gasteiger partial charge in [-0.3, -0.25) is 4.68 Å². The Labute approximate surface area is 115 Å². The molecule has 1 aromatic rings. The lowest BCUT2D eigenvalue weighted by atomic mass is 9.77. The Balaban J connectivity index is 2.17. The van der Waals surface area contributed by atoms with Gasteiger partial charge < -0.3 is 5.73 Å². The number of rotatable bonds is 4. The largest absolute Gasteiger partial charge is 0.330 e. The van der Waals surface area contributed by atoms with E-state index < -0.39 is 0 Å². The maximum Gasteiger partial charge on any atom is 0.0847 e. The third kappa shape index (κ3) is 2.72. The van der Waals surface area contributed by atoms with Gasteiger partial charge in [-0.1, -0.05) is 24.4 Å². The van der Waals surface area contributed by atoms with Crippen LogP contribution in [0.1, 0.15) is 44.0 Å². The average molecular weight is 270 g/mol. The predicted octanol–water partition coefficient (Wildman–Crippen LogP) is 3.17. The highest BCUT2D eigenvalue weighted by Gasteiger charge is 2.26. The van der Waals surface area contributed by atoms with Crippen molar-refractivity contribution in [1.82, 2.24) is 9.78 Å². The number of hydrogen-bond acceptors (Lipinski definition) is 2. The molecule has 0 saturated heterocycles. The second-order valence-corrected chi connectivity index (χ2v) is 5.78. The van der Waals surface area contributed by atoms with E-state index in [4.69, 9.17) is 17.3 Å². The molecule has 102 valence electrons. The standard InChI is InChI=1S/C14H24ClN3/c1-3-18-13(14(15)10(2)17-18)8-11-6-4-5-7-12(11)9-16/h11-12H,3-9,16H2,1-2H3. The van der Waals surface area contributed by atoms with E-state index in [0.717, 1.165) is 30.2 Å². The predicted molar refractivity (Wildman–Crippen MR) is 75.9 cm³/mol. The van der Waals surface area contributed by atoms with Gasteiger partial charge in [0.05, 0.1) is 16.4 Å². The highest BCUT2D eigenvalue weighted by Crippen LogP contribution is 2.34. The quantitative estimate of drug-likeness (QED) is 0.912. The summed E-state index contributed by atoms with van der Waals surface area (Å²) < 4.78 is 2.06. The molecule has 3 nitrogen and oxygen atoms in total. The summed E-state index contributed by atoms with van der Waals surface area (Å²) in [5.41, 5.74) is 8.07. The van der Waals surface area contributed by atoms with Crippen molar-refractivity contribution in [3.63, 3.8) is 0 Å². The molecule has 0 radical (unpaired) electrons. The molecule has 2 atom stereocenters. The molecule has 0 aliphatic heterocycles. The van der Waals surface area contributed by atoms with Crippen LogP contribution in [-0.2, 0) is 13.0 Å². The average Bonchev–Trinajstić information content (AvgIpc) is 2.67. The fourth-order valence-electron chi connectivity index (χ4n) is 3.18. The van der Waals surface area contributed by atoms with Gasteiger partial charge in [-0.05, 0) is 51.5 Å². The van der Waals surface area contributed by atoms with Gasteiger partial charge in [-0.2, -0.15) is 5.10 Å². The Kier molecular flexibility index (Phi) is 4.68. The first-order valence-corrected chi connectivity index (χ1v) is 7.47. The Morgan fingerprint density at radius 3 is 2.61 bits per heavy atom. The minimum Gasteiger partial charge on any atom is -0.330 e. The maximum atomic E-state index is 6.39. The molecule has 1 aromatic heterocycles. The van der Waals surface area contributed by atoms with E-state index in [0.29, 0.717) is 11.8 Å². The van der Waals surface area contributed by atoms with Crippen LogP contribution < -0.4 is 5.73 Å². The Morgan fingerprint density at radius 2 is 2.00 bits per heavy atom. The van der Waals surface area contributed by atoms with Gasteiger partial charge in [0.15, 0.2) is 0 Å². The fourth-order valence-corrected chi connectivity index (χ4v) is 3.39. The number of aryl methyl sites for hydroxylation is 2. The molecule has 1 aliphatic carbocycles. The highest BCUT2D eigenvalue weighted by atomic mass is 35.5. The van der Waals surface area contributed by atoms with Crippen LogP contribution in [-0.4, -0.2) is 16.3 Å². The molecule has 2 unspecified atom stereocenters. The lowest BCUT2D eigenvalue weighted by Crippen LogP contribution is -2.28. The van der Waals surface area contributed by atoms with Crippen LogP contribution in [0.15, 0.2) is 0 Å². The van der Waals surface area contributed by atoms with Gasteiger partial charge in [-0.25, -0.2) is 0 Å². The Hall–Kier alpha value is -0.540. The summed E-state index contributed by atoms with van der Waals surface area (Å²) in [6.07, 6.45) is 6.26. The molecule has 0 bridgehead atoms. The van der Waals surface area contributed by atoms with E-state index in [2.05, 4.69) is 16.7 Å². The smallest absolute Gasteiger partial charge is 0.0847 e. The number of nitrogens with two attached hydrogens (primary N) is 1. The fraction of sp³-hybridized carbons (Fsp3) is 0.786. The minimum atomic E-state index is 0.662. The summed E-state index contributed by atoms with van der Waals surface area (Å²) >= 11 is 6.39. The molecule has 1 aliphatic rings. The van der Waals surface area contributed by atoms with Crippen LogP contribution in [0, 0.1) is 18.8 Å². The Morgan fingerprint density at radius 1 is 1.33 bits per heavy atom. The topological polar surface area (TPSA) is 43.8 Å². The van der Waals surface area contributed by atoms with E-state index in [1.54, 1.807) is 0 Å². The van der Waals surface area contributed by atoms with Crippen molar-refractivity contribution in [2.75, 3.05) is 6.54 Å². The first-order chi connectivity index (χ1) is 8.67. The summed E-state index contributed by atoms with van der Waals surface area (Å²) in [7, 11) is 0. The van der Waals surface area contributed by atoms with Crippen LogP contribution in [0.2, 0.25) is 5.02 Å². The molecule has 2 rings (SSSR count). The number of halogens is 1. The first kappa shape index (κ1) is 13.9. The lowest BCUT2D eigenvalue weighted by molar-refractivity contribution is 0.238. The zero-order valence-electron chi connectivity index (χ0n) is 11.5. The van der Waals surface area contributed by atoms with E-state index >= 15 is 0 Å². The van der Waals surface area contributed by atoms with E-state index in [1.807, 2.05) is 6.92 Å². The van der Waals surface area contributed by atoms with Crippen molar-refractivity contribution in [2.45, 2.75) is 52.5 Å². The molecule has 0 aromatic carbocycles. The first-order valence-electron chi connectivity index (χ1n) is 7.09. The molecular weight excluding hydrogens is 246 g/mol. The number of aromatic nitrogens is 2. The van der Waals surface area contributed by atoms with Crippen LogP contribution >= 0.6 is 11.6 Å². The highest BCUT2D eigenvalue weighted by molar-refractivity contribution is 6.31. The normalized spacial score (nSPS) is 24.4. The summed E-state index contributed by atoms with van der Waals surface area (Å²) in [6, 6.07) is 0. The van der Waals surface area contributed by atoms with Crippen molar-refractivity contribution < 1.29 is 0 Å². The van der Waals surface area contributed by atoms with Gasteiger partial charge in [0.1, 0.15) is 0 Å². The molecule has 1 saturated carbocycles.